The Labute approximate surface area is 156 Å². The number of aromatic nitrogens is 2. The summed E-state index contributed by atoms with van der Waals surface area (Å²) in [4.78, 5) is 14.2. The molecule has 0 amide bonds. The first-order valence-electron chi connectivity index (χ1n) is 9.90. The van der Waals surface area contributed by atoms with E-state index in [9.17, 15) is 0 Å². The zero-order chi connectivity index (χ0) is 17.9. The number of anilines is 4. The molecule has 0 bridgehead atoms. The Kier molecular flexibility index (Phi) is 4.96. The Morgan fingerprint density at radius 3 is 2.31 bits per heavy atom. The Hall–Kier alpha value is -2.30. The Morgan fingerprint density at radius 2 is 1.62 bits per heavy atom. The number of piperidine rings is 1. The average molecular weight is 351 g/mol. The van der Waals surface area contributed by atoms with Crippen molar-refractivity contribution in [1.29, 1.82) is 0 Å². The third-order valence-electron chi connectivity index (χ3n) is 5.54. The summed E-state index contributed by atoms with van der Waals surface area (Å²) in [7, 11) is 0. The molecule has 138 valence electrons. The maximum Gasteiger partial charge on any atom is 0.229 e. The van der Waals surface area contributed by atoms with Gasteiger partial charge in [-0.1, -0.05) is 6.92 Å². The minimum absolute atomic E-state index is 0.688. The third-order valence-corrected chi connectivity index (χ3v) is 5.54. The maximum absolute atomic E-state index is 4.77. The molecule has 2 aliphatic rings. The molecule has 4 rings (SSSR count). The van der Waals surface area contributed by atoms with Crippen LogP contribution in [0.3, 0.4) is 0 Å². The van der Waals surface area contributed by atoms with Crippen molar-refractivity contribution in [3.63, 3.8) is 0 Å². The van der Waals surface area contributed by atoms with Crippen LogP contribution in [0.2, 0.25) is 0 Å². The largest absolute Gasteiger partial charge is 0.372 e. The van der Waals surface area contributed by atoms with E-state index in [1.54, 1.807) is 0 Å². The molecular formula is C21H29N5. The average Bonchev–Trinajstić information content (AvgIpc) is 3.17. The van der Waals surface area contributed by atoms with Crippen molar-refractivity contribution in [3.8, 4) is 0 Å². The van der Waals surface area contributed by atoms with Gasteiger partial charge in [0.25, 0.3) is 0 Å². The van der Waals surface area contributed by atoms with E-state index < -0.39 is 0 Å². The minimum atomic E-state index is 0.688. The molecule has 0 aliphatic carbocycles. The number of hydrogen-bond donors (Lipinski definition) is 1. The second kappa shape index (κ2) is 7.52. The van der Waals surface area contributed by atoms with Crippen molar-refractivity contribution in [2.24, 2.45) is 5.92 Å². The summed E-state index contributed by atoms with van der Waals surface area (Å²) in [5.41, 5.74) is 3.35. The molecule has 0 saturated carbocycles. The standard InChI is InChI=1S/C21H29N5/c1-16-9-13-26(14-10-16)20-15-17(2)22-21(24-20)23-18-5-7-19(8-6-18)25-11-3-4-12-25/h5-8,15-16H,3-4,9-14H2,1-2H3,(H,22,23,24). The van der Waals surface area contributed by atoms with E-state index in [-0.39, 0.29) is 0 Å². The summed E-state index contributed by atoms with van der Waals surface area (Å²) in [5.74, 6) is 2.55. The van der Waals surface area contributed by atoms with Crippen LogP contribution in [0.1, 0.15) is 38.3 Å². The summed E-state index contributed by atoms with van der Waals surface area (Å²) >= 11 is 0. The Balaban J connectivity index is 1.47. The Bertz CT molecular complexity index is 729. The van der Waals surface area contributed by atoms with Crippen LogP contribution in [-0.2, 0) is 0 Å². The van der Waals surface area contributed by atoms with Crippen LogP contribution in [-0.4, -0.2) is 36.1 Å². The normalized spacial score (nSPS) is 18.4. The molecule has 0 radical (unpaired) electrons. The van der Waals surface area contributed by atoms with E-state index in [0.717, 1.165) is 36.2 Å². The lowest BCUT2D eigenvalue weighted by molar-refractivity contribution is 0.436. The molecule has 0 atom stereocenters. The molecule has 0 spiro atoms. The van der Waals surface area contributed by atoms with E-state index in [1.807, 2.05) is 6.92 Å². The molecule has 2 aliphatic heterocycles. The fraction of sp³-hybridized carbons (Fsp3) is 0.524. The number of nitrogens with zero attached hydrogens (tertiary/aromatic N) is 4. The summed E-state index contributed by atoms with van der Waals surface area (Å²) in [5, 5.41) is 3.38. The molecule has 26 heavy (non-hydrogen) atoms. The number of nitrogens with one attached hydrogen (secondary N) is 1. The molecule has 3 heterocycles. The molecular weight excluding hydrogens is 322 g/mol. The highest BCUT2D eigenvalue weighted by Gasteiger charge is 2.18. The predicted octanol–water partition coefficient (Wildman–Crippen LogP) is 4.37. The van der Waals surface area contributed by atoms with Crippen molar-refractivity contribution in [2.45, 2.75) is 39.5 Å². The van der Waals surface area contributed by atoms with Gasteiger partial charge in [-0.2, -0.15) is 4.98 Å². The molecule has 2 aromatic rings. The first kappa shape index (κ1) is 17.1. The zero-order valence-corrected chi connectivity index (χ0v) is 15.9. The van der Waals surface area contributed by atoms with E-state index in [0.29, 0.717) is 5.95 Å². The van der Waals surface area contributed by atoms with Crippen LogP contribution in [0.15, 0.2) is 30.3 Å². The van der Waals surface area contributed by atoms with Crippen molar-refractivity contribution in [2.75, 3.05) is 41.3 Å². The second-order valence-electron chi connectivity index (χ2n) is 7.73. The molecule has 1 aromatic carbocycles. The zero-order valence-electron chi connectivity index (χ0n) is 15.9. The summed E-state index contributed by atoms with van der Waals surface area (Å²) in [6, 6.07) is 10.7. The van der Waals surface area contributed by atoms with Crippen LogP contribution >= 0.6 is 0 Å². The molecule has 5 heteroatoms. The molecule has 5 nitrogen and oxygen atoms in total. The van der Waals surface area contributed by atoms with Crippen LogP contribution in [0.5, 0.6) is 0 Å². The molecule has 0 unspecified atom stereocenters. The predicted molar refractivity (Wildman–Crippen MR) is 109 cm³/mol. The van der Waals surface area contributed by atoms with Crippen LogP contribution in [0, 0.1) is 12.8 Å². The lowest BCUT2D eigenvalue weighted by Crippen LogP contribution is -2.33. The number of aryl methyl sites for hydroxylation is 1. The van der Waals surface area contributed by atoms with E-state index in [4.69, 9.17) is 4.98 Å². The number of benzene rings is 1. The SMILES string of the molecule is Cc1cc(N2CCC(C)CC2)nc(Nc2ccc(N3CCCC3)cc2)n1. The van der Waals surface area contributed by atoms with Gasteiger partial charge in [-0.3, -0.25) is 0 Å². The fourth-order valence-corrected chi connectivity index (χ4v) is 3.87. The van der Waals surface area contributed by atoms with Gasteiger partial charge in [0.1, 0.15) is 5.82 Å². The van der Waals surface area contributed by atoms with Crippen molar-refractivity contribution in [3.05, 3.63) is 36.0 Å². The van der Waals surface area contributed by atoms with Gasteiger partial charge in [0, 0.05) is 49.3 Å². The fourth-order valence-electron chi connectivity index (χ4n) is 3.87. The molecule has 2 saturated heterocycles. The van der Waals surface area contributed by atoms with Gasteiger partial charge in [-0.05, 0) is 62.8 Å². The summed E-state index contributed by atoms with van der Waals surface area (Å²) < 4.78 is 0. The van der Waals surface area contributed by atoms with Crippen molar-refractivity contribution in [1.82, 2.24) is 9.97 Å². The van der Waals surface area contributed by atoms with Gasteiger partial charge < -0.3 is 15.1 Å². The second-order valence-corrected chi connectivity index (χ2v) is 7.73. The van der Waals surface area contributed by atoms with Crippen LogP contribution in [0.25, 0.3) is 0 Å². The summed E-state index contributed by atoms with van der Waals surface area (Å²) in [6.07, 6.45) is 5.08. The van der Waals surface area contributed by atoms with Crippen LogP contribution < -0.4 is 15.1 Å². The Morgan fingerprint density at radius 1 is 0.923 bits per heavy atom. The van der Waals surface area contributed by atoms with Gasteiger partial charge in [0.05, 0.1) is 0 Å². The quantitative estimate of drug-likeness (QED) is 0.886. The van der Waals surface area contributed by atoms with E-state index >= 15 is 0 Å². The maximum atomic E-state index is 4.77. The molecule has 1 aromatic heterocycles. The van der Waals surface area contributed by atoms with E-state index in [1.165, 1.54) is 44.5 Å². The van der Waals surface area contributed by atoms with E-state index in [2.05, 4.69) is 57.4 Å². The summed E-state index contributed by atoms with van der Waals surface area (Å²) in [6.45, 7) is 8.89. The third kappa shape index (κ3) is 3.92. The van der Waals surface area contributed by atoms with Gasteiger partial charge in [0.15, 0.2) is 0 Å². The van der Waals surface area contributed by atoms with Crippen LogP contribution in [0.4, 0.5) is 23.1 Å². The lowest BCUT2D eigenvalue weighted by Gasteiger charge is -2.31. The molecule has 2 fully saturated rings. The highest BCUT2D eigenvalue weighted by Crippen LogP contribution is 2.25. The smallest absolute Gasteiger partial charge is 0.229 e. The van der Waals surface area contributed by atoms with Crippen molar-refractivity contribution < 1.29 is 0 Å². The topological polar surface area (TPSA) is 44.3 Å². The van der Waals surface area contributed by atoms with Gasteiger partial charge in [0.2, 0.25) is 5.95 Å². The van der Waals surface area contributed by atoms with Crippen molar-refractivity contribution >= 4 is 23.1 Å². The monoisotopic (exact) mass is 351 g/mol. The van der Waals surface area contributed by atoms with Gasteiger partial charge >= 0.3 is 0 Å². The number of rotatable bonds is 4. The first-order chi connectivity index (χ1) is 12.7. The van der Waals surface area contributed by atoms with Gasteiger partial charge in [-0.25, -0.2) is 4.98 Å². The number of hydrogen-bond acceptors (Lipinski definition) is 5. The minimum Gasteiger partial charge on any atom is -0.372 e. The molecule has 1 N–H and O–H groups in total. The highest BCUT2D eigenvalue weighted by molar-refractivity contribution is 5.60. The lowest BCUT2D eigenvalue weighted by atomic mass is 9.99. The van der Waals surface area contributed by atoms with Gasteiger partial charge in [-0.15, -0.1) is 0 Å². The highest BCUT2D eigenvalue weighted by atomic mass is 15.2. The first-order valence-corrected chi connectivity index (χ1v) is 9.90.